The number of hydrogen-bond acceptors (Lipinski definition) is 4. The van der Waals surface area contributed by atoms with Gasteiger partial charge in [-0.1, -0.05) is 45.0 Å². The number of Topliss-reactive ketones (excluding diaryl/α,β-unsaturated/α-hetero) is 1. The summed E-state index contributed by atoms with van der Waals surface area (Å²) < 4.78 is 22.7. The minimum absolute atomic E-state index is 0.000944. The highest BCUT2D eigenvalue weighted by Gasteiger charge is 2.28. The van der Waals surface area contributed by atoms with Crippen LogP contribution in [0.15, 0.2) is 24.3 Å². The van der Waals surface area contributed by atoms with Crippen molar-refractivity contribution < 1.29 is 18.0 Å². The first-order valence-electron chi connectivity index (χ1n) is 8.20. The molecule has 1 heterocycles. The summed E-state index contributed by atoms with van der Waals surface area (Å²) in [6.45, 7) is 6.33. The molecule has 0 aromatic heterocycles. The molecule has 1 aliphatic rings. The van der Waals surface area contributed by atoms with E-state index in [1.165, 1.54) is 0 Å². The Morgan fingerprint density at radius 1 is 1.12 bits per heavy atom. The Labute approximate surface area is 143 Å². The first-order chi connectivity index (χ1) is 11.1. The fourth-order valence-corrected chi connectivity index (χ4v) is 4.41. The van der Waals surface area contributed by atoms with Gasteiger partial charge < -0.3 is 5.32 Å². The molecule has 0 radical (unpaired) electrons. The summed E-state index contributed by atoms with van der Waals surface area (Å²) in [6, 6.07) is 7.16. The van der Waals surface area contributed by atoms with Crippen molar-refractivity contribution in [2.24, 2.45) is 0 Å². The molecule has 0 spiro atoms. The second-order valence-electron chi connectivity index (χ2n) is 7.42. The molecule has 132 valence electrons. The predicted octanol–water partition coefficient (Wildman–Crippen LogP) is 2.25. The quantitative estimate of drug-likeness (QED) is 0.825. The zero-order chi connectivity index (χ0) is 18.0. The third-order valence-electron chi connectivity index (χ3n) is 4.25. The fraction of sp³-hybridized carbons (Fsp3) is 0.556. The van der Waals surface area contributed by atoms with Crippen molar-refractivity contribution in [1.29, 1.82) is 0 Å². The summed E-state index contributed by atoms with van der Waals surface area (Å²) in [6.07, 6.45) is 0.660. The van der Waals surface area contributed by atoms with Gasteiger partial charge in [0.25, 0.3) is 0 Å². The van der Waals surface area contributed by atoms with E-state index < -0.39 is 9.84 Å². The van der Waals surface area contributed by atoms with Crippen molar-refractivity contribution in [2.75, 3.05) is 11.5 Å². The molecule has 1 unspecified atom stereocenters. The lowest BCUT2D eigenvalue weighted by Crippen LogP contribution is -2.35. The number of hydrogen-bond donors (Lipinski definition) is 1. The van der Waals surface area contributed by atoms with E-state index in [-0.39, 0.29) is 47.5 Å². The summed E-state index contributed by atoms with van der Waals surface area (Å²) >= 11 is 0. The van der Waals surface area contributed by atoms with Crippen molar-refractivity contribution in [2.45, 2.75) is 51.5 Å². The minimum atomic E-state index is -3.01. The zero-order valence-corrected chi connectivity index (χ0v) is 15.3. The molecule has 1 aliphatic heterocycles. The van der Waals surface area contributed by atoms with Crippen molar-refractivity contribution >= 4 is 21.5 Å². The molecule has 1 aromatic rings. The Bertz CT molecular complexity index is 714. The maximum absolute atomic E-state index is 12.2. The highest BCUT2D eigenvalue weighted by molar-refractivity contribution is 7.91. The molecular weight excluding hydrogens is 326 g/mol. The van der Waals surface area contributed by atoms with Gasteiger partial charge in [0.15, 0.2) is 15.6 Å². The molecule has 1 fully saturated rings. The largest absolute Gasteiger partial charge is 0.352 e. The molecular formula is C18H25NO4S. The minimum Gasteiger partial charge on any atom is -0.352 e. The van der Waals surface area contributed by atoms with E-state index in [4.69, 9.17) is 0 Å². The van der Waals surface area contributed by atoms with Gasteiger partial charge >= 0.3 is 0 Å². The SMILES string of the molecule is CC(C)(C)c1ccc(C(=O)CCC(=O)NC2CCS(=O)(=O)C2)cc1. The van der Waals surface area contributed by atoms with Crippen LogP contribution in [0.4, 0.5) is 0 Å². The Balaban J connectivity index is 1.83. The van der Waals surface area contributed by atoms with Gasteiger partial charge in [-0.3, -0.25) is 9.59 Å². The maximum Gasteiger partial charge on any atom is 0.220 e. The van der Waals surface area contributed by atoms with Gasteiger partial charge in [-0.05, 0) is 17.4 Å². The highest BCUT2D eigenvalue weighted by Crippen LogP contribution is 2.22. The summed E-state index contributed by atoms with van der Waals surface area (Å²) in [5.41, 5.74) is 1.78. The normalized spacial score (nSPS) is 19.9. The number of carbonyl (C=O) groups is 2. The Kier molecular flexibility index (Phi) is 5.48. The van der Waals surface area contributed by atoms with Gasteiger partial charge in [-0.25, -0.2) is 8.42 Å². The van der Waals surface area contributed by atoms with E-state index in [0.717, 1.165) is 5.56 Å². The van der Waals surface area contributed by atoms with Crippen LogP contribution >= 0.6 is 0 Å². The number of sulfone groups is 1. The average molecular weight is 351 g/mol. The summed E-state index contributed by atoms with van der Waals surface area (Å²) in [5.74, 6) is -0.223. The Morgan fingerprint density at radius 2 is 1.75 bits per heavy atom. The van der Waals surface area contributed by atoms with Gasteiger partial charge in [0, 0.05) is 24.4 Å². The van der Waals surface area contributed by atoms with E-state index in [9.17, 15) is 18.0 Å². The van der Waals surface area contributed by atoms with Crippen LogP contribution in [0, 0.1) is 0 Å². The molecule has 2 rings (SSSR count). The molecule has 0 bridgehead atoms. The van der Waals surface area contributed by atoms with E-state index >= 15 is 0 Å². The van der Waals surface area contributed by atoms with E-state index in [1.807, 2.05) is 12.1 Å². The molecule has 1 saturated heterocycles. The molecule has 24 heavy (non-hydrogen) atoms. The monoisotopic (exact) mass is 351 g/mol. The van der Waals surface area contributed by atoms with E-state index in [0.29, 0.717) is 12.0 Å². The number of rotatable bonds is 5. The smallest absolute Gasteiger partial charge is 0.220 e. The van der Waals surface area contributed by atoms with E-state index in [2.05, 4.69) is 26.1 Å². The average Bonchev–Trinajstić information content (AvgIpc) is 2.83. The fourth-order valence-electron chi connectivity index (χ4n) is 2.74. The first kappa shape index (κ1) is 18.6. The molecule has 0 aliphatic carbocycles. The molecule has 6 heteroatoms. The number of ketones is 1. The maximum atomic E-state index is 12.2. The molecule has 5 nitrogen and oxygen atoms in total. The summed E-state index contributed by atoms with van der Waals surface area (Å²) in [5, 5.41) is 2.70. The number of nitrogens with one attached hydrogen (secondary N) is 1. The molecule has 1 amide bonds. The van der Waals surface area contributed by atoms with Crippen molar-refractivity contribution in [3.8, 4) is 0 Å². The number of amides is 1. The predicted molar refractivity (Wildman–Crippen MR) is 93.9 cm³/mol. The highest BCUT2D eigenvalue weighted by atomic mass is 32.2. The lowest BCUT2D eigenvalue weighted by Gasteiger charge is -2.19. The van der Waals surface area contributed by atoms with Crippen LogP contribution in [0.3, 0.4) is 0 Å². The Hall–Kier alpha value is -1.69. The van der Waals surface area contributed by atoms with Gasteiger partial charge in [0.2, 0.25) is 5.91 Å². The summed E-state index contributed by atoms with van der Waals surface area (Å²) in [7, 11) is -3.01. The van der Waals surface area contributed by atoms with Crippen molar-refractivity contribution in [1.82, 2.24) is 5.32 Å². The lowest BCUT2D eigenvalue weighted by molar-refractivity contribution is -0.121. The van der Waals surface area contributed by atoms with Crippen LogP contribution in [0.25, 0.3) is 0 Å². The van der Waals surface area contributed by atoms with Crippen LogP contribution in [-0.2, 0) is 20.0 Å². The van der Waals surface area contributed by atoms with Crippen molar-refractivity contribution in [3.05, 3.63) is 35.4 Å². The van der Waals surface area contributed by atoms with Crippen LogP contribution in [0.1, 0.15) is 56.0 Å². The molecule has 0 saturated carbocycles. The number of benzene rings is 1. The van der Waals surface area contributed by atoms with E-state index in [1.54, 1.807) is 12.1 Å². The topological polar surface area (TPSA) is 80.3 Å². The first-order valence-corrected chi connectivity index (χ1v) is 10.0. The van der Waals surface area contributed by atoms with Crippen LogP contribution in [0.5, 0.6) is 0 Å². The van der Waals surface area contributed by atoms with Gasteiger partial charge in [0.05, 0.1) is 11.5 Å². The van der Waals surface area contributed by atoms with Gasteiger partial charge in [-0.15, -0.1) is 0 Å². The Morgan fingerprint density at radius 3 is 2.25 bits per heavy atom. The molecule has 1 atom stereocenters. The zero-order valence-electron chi connectivity index (χ0n) is 14.5. The number of carbonyl (C=O) groups excluding carboxylic acids is 2. The lowest BCUT2D eigenvalue weighted by atomic mass is 9.86. The third-order valence-corrected chi connectivity index (χ3v) is 6.02. The van der Waals surface area contributed by atoms with Crippen LogP contribution < -0.4 is 5.32 Å². The van der Waals surface area contributed by atoms with Gasteiger partial charge in [-0.2, -0.15) is 0 Å². The second-order valence-corrected chi connectivity index (χ2v) is 9.65. The third kappa shape index (κ3) is 5.16. The second kappa shape index (κ2) is 7.05. The van der Waals surface area contributed by atoms with Crippen LogP contribution in [0.2, 0.25) is 0 Å². The van der Waals surface area contributed by atoms with Crippen molar-refractivity contribution in [3.63, 3.8) is 0 Å². The molecule has 1 aromatic carbocycles. The standard InChI is InChI=1S/C18H25NO4S/c1-18(2,3)14-6-4-13(5-7-14)16(20)8-9-17(21)19-15-10-11-24(22,23)12-15/h4-7,15H,8-12H2,1-3H3,(H,19,21). The van der Waals surface area contributed by atoms with Gasteiger partial charge in [0.1, 0.15) is 0 Å². The summed E-state index contributed by atoms with van der Waals surface area (Å²) in [4.78, 5) is 24.0. The molecule has 1 N–H and O–H groups in total. The van der Waals surface area contributed by atoms with Crippen LogP contribution in [-0.4, -0.2) is 37.7 Å².